The van der Waals surface area contributed by atoms with Gasteiger partial charge >= 0.3 is 0 Å². The van der Waals surface area contributed by atoms with Gasteiger partial charge in [-0.2, -0.15) is 0 Å². The van der Waals surface area contributed by atoms with Crippen LogP contribution < -0.4 is 20.1 Å². The summed E-state index contributed by atoms with van der Waals surface area (Å²) < 4.78 is 10.8. The molecule has 0 radical (unpaired) electrons. The van der Waals surface area contributed by atoms with Gasteiger partial charge in [0.05, 0.1) is 4.92 Å². The minimum atomic E-state index is -0.607. The van der Waals surface area contributed by atoms with Crippen LogP contribution in [0.5, 0.6) is 11.5 Å². The number of halogens is 1. The second-order valence-corrected chi connectivity index (χ2v) is 6.01. The first kappa shape index (κ1) is 17.9. The van der Waals surface area contributed by atoms with Crippen LogP contribution in [-0.4, -0.2) is 29.2 Å². The summed E-state index contributed by atoms with van der Waals surface area (Å²) in [5.74, 6) is 0.598. The second-order valence-electron chi connectivity index (χ2n) is 5.19. The maximum Gasteiger partial charge on any atom is 0.289 e. The van der Waals surface area contributed by atoms with E-state index in [0.29, 0.717) is 36.0 Å². The van der Waals surface area contributed by atoms with Crippen LogP contribution in [0.3, 0.4) is 0 Å². The predicted octanol–water partition coefficient (Wildman–Crippen LogP) is 3.15. The molecule has 2 aromatic carbocycles. The SMILES string of the molecule is O=C(NC(=S)Nc1ccc(Cl)c([N+](=O)[O-])c1)c1ccc2c(c1)OCCO2. The lowest BCUT2D eigenvalue weighted by molar-refractivity contribution is -0.384. The molecule has 2 N–H and O–H groups in total. The first-order valence-electron chi connectivity index (χ1n) is 7.40. The number of ether oxygens (including phenoxy) is 2. The number of rotatable bonds is 3. The van der Waals surface area contributed by atoms with Gasteiger partial charge in [-0.25, -0.2) is 0 Å². The van der Waals surface area contributed by atoms with E-state index in [1.807, 2.05) is 0 Å². The molecule has 10 heteroatoms. The third-order valence-electron chi connectivity index (χ3n) is 3.43. The lowest BCUT2D eigenvalue weighted by Crippen LogP contribution is -2.34. The number of carbonyl (C=O) groups is 1. The van der Waals surface area contributed by atoms with E-state index >= 15 is 0 Å². The summed E-state index contributed by atoms with van der Waals surface area (Å²) in [4.78, 5) is 22.6. The number of hydrogen-bond donors (Lipinski definition) is 2. The topological polar surface area (TPSA) is 103 Å². The molecule has 1 aliphatic rings. The van der Waals surface area contributed by atoms with Crippen LogP contribution in [0.4, 0.5) is 11.4 Å². The molecule has 0 saturated carbocycles. The molecule has 0 spiro atoms. The Bertz CT molecular complexity index is 905. The largest absolute Gasteiger partial charge is 0.486 e. The van der Waals surface area contributed by atoms with Crippen molar-refractivity contribution in [3.63, 3.8) is 0 Å². The van der Waals surface area contributed by atoms with Gasteiger partial charge in [0.1, 0.15) is 18.2 Å². The van der Waals surface area contributed by atoms with Gasteiger partial charge < -0.3 is 14.8 Å². The number of benzene rings is 2. The molecular formula is C16H12ClN3O5S. The highest BCUT2D eigenvalue weighted by Crippen LogP contribution is 2.31. The van der Waals surface area contributed by atoms with Gasteiger partial charge in [0.2, 0.25) is 0 Å². The van der Waals surface area contributed by atoms with Crippen LogP contribution >= 0.6 is 23.8 Å². The number of amides is 1. The van der Waals surface area contributed by atoms with E-state index in [4.69, 9.17) is 33.3 Å². The molecule has 3 rings (SSSR count). The number of anilines is 1. The number of fused-ring (bicyclic) bond motifs is 1. The van der Waals surface area contributed by atoms with Crippen molar-refractivity contribution in [1.82, 2.24) is 5.32 Å². The third kappa shape index (κ3) is 4.01. The molecular weight excluding hydrogens is 382 g/mol. The summed E-state index contributed by atoms with van der Waals surface area (Å²) in [5.41, 5.74) is 0.395. The van der Waals surface area contributed by atoms with E-state index in [-0.39, 0.29) is 15.8 Å². The van der Waals surface area contributed by atoms with Crippen molar-refractivity contribution in [3.8, 4) is 11.5 Å². The highest BCUT2D eigenvalue weighted by atomic mass is 35.5. The second kappa shape index (κ2) is 7.54. The van der Waals surface area contributed by atoms with Crippen LogP contribution in [0.15, 0.2) is 36.4 Å². The molecule has 134 valence electrons. The first-order valence-corrected chi connectivity index (χ1v) is 8.18. The Labute approximate surface area is 158 Å². The smallest absolute Gasteiger partial charge is 0.289 e. The number of nitro groups is 1. The summed E-state index contributed by atoms with van der Waals surface area (Å²) >= 11 is 10.8. The summed E-state index contributed by atoms with van der Waals surface area (Å²) in [6, 6.07) is 8.89. The third-order valence-corrected chi connectivity index (χ3v) is 3.96. The highest BCUT2D eigenvalue weighted by Gasteiger charge is 2.17. The summed E-state index contributed by atoms with van der Waals surface area (Å²) in [6.45, 7) is 0.868. The van der Waals surface area contributed by atoms with E-state index in [1.54, 1.807) is 18.2 Å². The number of thiocarbonyl (C=S) groups is 1. The zero-order valence-electron chi connectivity index (χ0n) is 13.2. The van der Waals surface area contributed by atoms with Crippen LogP contribution in [0, 0.1) is 10.1 Å². The zero-order chi connectivity index (χ0) is 18.7. The molecule has 8 nitrogen and oxygen atoms in total. The highest BCUT2D eigenvalue weighted by molar-refractivity contribution is 7.80. The molecule has 0 bridgehead atoms. The Hall–Kier alpha value is -2.91. The Kier molecular flexibility index (Phi) is 5.19. The van der Waals surface area contributed by atoms with Crippen molar-refractivity contribution in [1.29, 1.82) is 0 Å². The van der Waals surface area contributed by atoms with Gasteiger partial charge in [-0.3, -0.25) is 20.2 Å². The van der Waals surface area contributed by atoms with Crippen LogP contribution in [0.1, 0.15) is 10.4 Å². The molecule has 1 amide bonds. The van der Waals surface area contributed by atoms with Gasteiger partial charge in [-0.1, -0.05) is 11.6 Å². The maximum absolute atomic E-state index is 12.3. The first-order chi connectivity index (χ1) is 12.4. The van der Waals surface area contributed by atoms with E-state index in [2.05, 4.69) is 10.6 Å². The zero-order valence-corrected chi connectivity index (χ0v) is 14.7. The summed E-state index contributed by atoms with van der Waals surface area (Å²) in [6.07, 6.45) is 0. The lowest BCUT2D eigenvalue weighted by atomic mass is 10.2. The fourth-order valence-corrected chi connectivity index (χ4v) is 2.65. The average molecular weight is 394 g/mol. The molecule has 0 saturated heterocycles. The van der Waals surface area contributed by atoms with E-state index in [9.17, 15) is 14.9 Å². The van der Waals surface area contributed by atoms with Crippen molar-refractivity contribution in [2.75, 3.05) is 18.5 Å². The lowest BCUT2D eigenvalue weighted by Gasteiger charge is -2.18. The Morgan fingerprint density at radius 3 is 2.62 bits per heavy atom. The normalized spacial score (nSPS) is 12.2. The predicted molar refractivity (Wildman–Crippen MR) is 99.2 cm³/mol. The molecule has 0 fully saturated rings. The van der Waals surface area contributed by atoms with Crippen LogP contribution in [0.25, 0.3) is 0 Å². The van der Waals surface area contributed by atoms with Gasteiger partial charge in [0, 0.05) is 17.3 Å². The van der Waals surface area contributed by atoms with Crippen LogP contribution in [0.2, 0.25) is 5.02 Å². The van der Waals surface area contributed by atoms with E-state index in [0.717, 1.165) is 0 Å². The molecule has 0 aromatic heterocycles. The molecule has 26 heavy (non-hydrogen) atoms. The molecule has 2 aromatic rings. The number of nitro benzene ring substituents is 1. The van der Waals surface area contributed by atoms with Crippen LogP contribution in [-0.2, 0) is 0 Å². The van der Waals surface area contributed by atoms with Crippen molar-refractivity contribution in [3.05, 3.63) is 57.1 Å². The fraction of sp³-hybridized carbons (Fsp3) is 0.125. The number of nitrogens with one attached hydrogen (secondary N) is 2. The fourth-order valence-electron chi connectivity index (χ4n) is 2.25. The van der Waals surface area contributed by atoms with Crippen molar-refractivity contribution < 1.29 is 19.2 Å². The van der Waals surface area contributed by atoms with Crippen molar-refractivity contribution in [2.45, 2.75) is 0 Å². The average Bonchev–Trinajstić information content (AvgIpc) is 2.62. The van der Waals surface area contributed by atoms with Crippen molar-refractivity contribution in [2.24, 2.45) is 0 Å². The quantitative estimate of drug-likeness (QED) is 0.469. The molecule has 1 heterocycles. The molecule has 0 aliphatic carbocycles. The van der Waals surface area contributed by atoms with E-state index < -0.39 is 10.8 Å². The monoisotopic (exact) mass is 393 g/mol. The number of carbonyl (C=O) groups excluding carboxylic acids is 1. The Morgan fingerprint density at radius 2 is 1.88 bits per heavy atom. The minimum Gasteiger partial charge on any atom is -0.486 e. The summed E-state index contributed by atoms with van der Waals surface area (Å²) in [7, 11) is 0. The van der Waals surface area contributed by atoms with E-state index in [1.165, 1.54) is 18.2 Å². The van der Waals surface area contributed by atoms with Gasteiger partial charge in [0.15, 0.2) is 16.6 Å². The van der Waals surface area contributed by atoms with Gasteiger partial charge in [-0.15, -0.1) is 0 Å². The number of hydrogen-bond acceptors (Lipinski definition) is 6. The molecule has 0 unspecified atom stereocenters. The summed E-state index contributed by atoms with van der Waals surface area (Å²) in [5, 5.41) is 16.1. The number of nitrogens with zero attached hydrogens (tertiary/aromatic N) is 1. The Balaban J connectivity index is 1.67. The Morgan fingerprint density at radius 1 is 1.15 bits per heavy atom. The van der Waals surface area contributed by atoms with Gasteiger partial charge in [0.25, 0.3) is 11.6 Å². The molecule has 0 atom stereocenters. The minimum absolute atomic E-state index is 0.00628. The van der Waals surface area contributed by atoms with Gasteiger partial charge in [-0.05, 0) is 42.5 Å². The molecule has 1 aliphatic heterocycles. The maximum atomic E-state index is 12.3. The van der Waals surface area contributed by atoms with Crippen molar-refractivity contribution >= 4 is 46.2 Å². The standard InChI is InChI=1S/C16H12ClN3O5S/c17-11-3-2-10(8-12(11)20(22)23)18-16(26)19-15(21)9-1-4-13-14(7-9)25-6-5-24-13/h1-4,7-8H,5-6H2,(H2,18,19,21,26).